The number of rotatable bonds is 62. The quantitative estimate of drug-likeness (QED) is 0.0120. The molecule has 0 heterocycles. The summed E-state index contributed by atoms with van der Waals surface area (Å²) in [5, 5.41) is 13.8. The van der Waals surface area contributed by atoms with E-state index in [4.69, 9.17) is 40.1 Å². The average molecular weight is 1260 g/mol. The van der Waals surface area contributed by atoms with E-state index in [9.17, 15) is 33.6 Å². The van der Waals surface area contributed by atoms with E-state index in [1.165, 1.54) is 185 Å². The molecule has 514 valence electrons. The first-order valence-corrected chi connectivity index (χ1v) is 34.9. The van der Waals surface area contributed by atoms with Gasteiger partial charge in [0, 0.05) is 70.8 Å². The van der Waals surface area contributed by atoms with Crippen molar-refractivity contribution < 1.29 is 33.6 Å². The number of hydrogen-bond donors (Lipinski definition) is 12. The van der Waals surface area contributed by atoms with Crippen LogP contribution in [0, 0.1) is 0 Å². The van der Waals surface area contributed by atoms with Gasteiger partial charge < -0.3 is 71.6 Å². The molecular weight excluding hydrogens is 1130 g/mol. The summed E-state index contributed by atoms with van der Waals surface area (Å²) in [7, 11) is 0. The summed E-state index contributed by atoms with van der Waals surface area (Å²) in [6.07, 6.45) is 46.3. The Kier molecular flexibility index (Phi) is 55.3. The minimum Gasteiger partial charge on any atom is -0.370 e. The van der Waals surface area contributed by atoms with Crippen molar-refractivity contribution in [1.29, 1.82) is 0 Å². The molecule has 0 saturated carbocycles. The first-order chi connectivity index (χ1) is 43.0. The van der Waals surface area contributed by atoms with Crippen molar-refractivity contribution in [2.45, 2.75) is 302 Å². The molecule has 0 aromatic carbocycles. The van der Waals surface area contributed by atoms with Gasteiger partial charge in [-0.2, -0.15) is 0 Å². The lowest BCUT2D eigenvalue weighted by Crippen LogP contribution is -2.56. The zero-order chi connectivity index (χ0) is 65.8. The van der Waals surface area contributed by atoms with Crippen LogP contribution in [0.3, 0.4) is 0 Å². The summed E-state index contributed by atoms with van der Waals surface area (Å²) < 4.78 is 0. The van der Waals surface area contributed by atoms with E-state index in [0.717, 1.165) is 50.7 Å². The van der Waals surface area contributed by atoms with Gasteiger partial charge in [0.05, 0.1) is 0 Å². The van der Waals surface area contributed by atoms with Gasteiger partial charge in [0.15, 0.2) is 17.9 Å². The van der Waals surface area contributed by atoms with Crippen LogP contribution in [0.1, 0.15) is 284 Å². The number of carbonyl (C=O) groups is 7. The van der Waals surface area contributed by atoms with Crippen molar-refractivity contribution in [1.82, 2.24) is 31.5 Å². The molecule has 0 rings (SSSR count). The maximum Gasteiger partial charge on any atom is 0.246 e. The highest BCUT2D eigenvalue weighted by atomic mass is 16.2. The SMILES string of the molecule is CCCCCCCCCCCCCCCCCCCC(=O)NCCN(CCNC(=O)CCCCCCCCCCCCCCCCCCC)C(=O)/C=C\C(=O)N[C@@H](CCCN=C(N)N)C(=O)N[C@@H](CCCN=C(N)N)C(=O)N[C@@H](CCCN=C(N)N)C(N)=O. The summed E-state index contributed by atoms with van der Waals surface area (Å²) in [5.74, 6) is -4.36. The van der Waals surface area contributed by atoms with Crippen LogP contribution in [-0.2, 0) is 33.6 Å². The molecule has 0 aliphatic carbocycles. The molecule has 19 N–H and O–H groups in total. The van der Waals surface area contributed by atoms with E-state index >= 15 is 0 Å². The smallest absolute Gasteiger partial charge is 0.246 e. The summed E-state index contributed by atoms with van der Waals surface area (Å²) in [4.78, 5) is 107. The van der Waals surface area contributed by atoms with E-state index in [-0.39, 0.29) is 108 Å². The average Bonchev–Trinajstić information content (AvgIpc) is 3.69. The second-order valence-corrected chi connectivity index (χ2v) is 24.1. The van der Waals surface area contributed by atoms with Gasteiger partial charge >= 0.3 is 0 Å². The maximum absolute atomic E-state index is 14.0. The van der Waals surface area contributed by atoms with Crippen LogP contribution in [0.25, 0.3) is 0 Å². The summed E-state index contributed by atoms with van der Waals surface area (Å²) >= 11 is 0. The van der Waals surface area contributed by atoms with Crippen LogP contribution in [0.15, 0.2) is 27.1 Å². The number of guanidine groups is 3. The monoisotopic (exact) mass is 1260 g/mol. The Bertz CT molecular complexity index is 1920. The van der Waals surface area contributed by atoms with Gasteiger partial charge in [0.2, 0.25) is 41.4 Å². The molecule has 0 fully saturated rings. The Labute approximate surface area is 536 Å². The molecule has 3 atom stereocenters. The normalized spacial score (nSPS) is 12.1. The number of nitrogens with one attached hydrogen (secondary N) is 5. The van der Waals surface area contributed by atoms with Crippen molar-refractivity contribution in [2.24, 2.45) is 55.1 Å². The number of nitrogens with zero attached hydrogens (tertiary/aromatic N) is 4. The van der Waals surface area contributed by atoms with Crippen LogP contribution < -0.4 is 66.7 Å². The van der Waals surface area contributed by atoms with Crippen LogP contribution >= 0.6 is 0 Å². The van der Waals surface area contributed by atoms with Crippen molar-refractivity contribution in [3.63, 3.8) is 0 Å². The fraction of sp³-hybridized carbons (Fsp3) is 0.818. The molecule has 0 aromatic rings. The van der Waals surface area contributed by atoms with Gasteiger partial charge in [-0.25, -0.2) is 0 Å². The van der Waals surface area contributed by atoms with Crippen LogP contribution in [-0.4, -0.2) is 128 Å². The predicted octanol–water partition coefficient (Wildman–Crippen LogP) is 7.79. The van der Waals surface area contributed by atoms with E-state index in [1.807, 2.05) is 0 Å². The lowest BCUT2D eigenvalue weighted by molar-refractivity contribution is -0.133. The van der Waals surface area contributed by atoms with Crippen molar-refractivity contribution in [2.75, 3.05) is 45.8 Å². The molecule has 0 aromatic heterocycles. The number of hydrogen-bond acceptors (Lipinski definition) is 10. The molecule has 0 radical (unpaired) electrons. The molecule has 0 saturated heterocycles. The molecule has 89 heavy (non-hydrogen) atoms. The van der Waals surface area contributed by atoms with Crippen LogP contribution in [0.2, 0.25) is 0 Å². The third-order valence-electron chi connectivity index (χ3n) is 15.9. The van der Waals surface area contributed by atoms with E-state index in [2.05, 4.69) is 55.4 Å². The molecule has 7 amide bonds. The molecule has 0 aliphatic heterocycles. The first kappa shape index (κ1) is 82.8. The van der Waals surface area contributed by atoms with E-state index < -0.39 is 47.7 Å². The third kappa shape index (κ3) is 54.5. The predicted molar refractivity (Wildman–Crippen MR) is 364 cm³/mol. The van der Waals surface area contributed by atoms with Gasteiger partial charge in [-0.1, -0.05) is 219 Å². The van der Waals surface area contributed by atoms with Gasteiger partial charge in [0.25, 0.3) is 0 Å². The Balaban J connectivity index is 5.68. The Morgan fingerprint density at radius 2 is 0.640 bits per heavy atom. The number of amides is 7. The summed E-state index contributed by atoms with van der Waals surface area (Å²) in [5.41, 5.74) is 38.5. The molecule has 0 aliphatic rings. The topological polar surface area (TPSA) is 402 Å². The number of carbonyl (C=O) groups excluding carboxylic acids is 7. The van der Waals surface area contributed by atoms with Crippen LogP contribution in [0.5, 0.6) is 0 Å². The zero-order valence-corrected chi connectivity index (χ0v) is 55.7. The standard InChI is InChI=1S/C66H128N16O7/c1-3-5-7-9-11-13-15-17-19-21-23-25-27-29-31-33-35-43-57(83)74-50-52-82(53-51-75-58(84)44-36-34-32-30-28-26-24-22-20-18-16-14-12-10-8-6-4-2)60(86)46-45-59(85)79-55(41-38-48-77-65(70)71)62(88)81-56(42-39-49-78-66(72)73)63(89)80-54(61(67)87)40-37-47-76-64(68)69/h45-46,54-56H,3-44,47-53H2,1-2H3,(H2,67,87)(H,74,83)(H,75,84)(H,79,85)(H,80,89)(H,81,88)(H4,68,69,76)(H4,70,71,77)(H4,72,73,78)/b46-45-/t54-,55-,56-/m0/s1. The van der Waals surface area contributed by atoms with Crippen LogP contribution in [0.4, 0.5) is 0 Å². The second kappa shape index (κ2) is 59.5. The number of unbranched alkanes of at least 4 members (excludes halogenated alkanes) is 32. The molecule has 23 heteroatoms. The van der Waals surface area contributed by atoms with Gasteiger partial charge in [-0.05, 0) is 51.4 Å². The highest BCUT2D eigenvalue weighted by Gasteiger charge is 2.29. The Hall–Kier alpha value is -6.16. The van der Waals surface area contributed by atoms with Gasteiger partial charge in [-0.3, -0.25) is 48.5 Å². The van der Waals surface area contributed by atoms with Crippen molar-refractivity contribution in [3.05, 3.63) is 12.2 Å². The van der Waals surface area contributed by atoms with Gasteiger partial charge in [-0.15, -0.1) is 0 Å². The minimum atomic E-state index is -1.25. The lowest BCUT2D eigenvalue weighted by Gasteiger charge is -2.24. The molecule has 0 unspecified atom stereocenters. The van der Waals surface area contributed by atoms with E-state index in [0.29, 0.717) is 19.3 Å². The molecular formula is C66H128N16O7. The summed E-state index contributed by atoms with van der Waals surface area (Å²) in [6.45, 7) is 5.46. The lowest BCUT2D eigenvalue weighted by atomic mass is 10.0. The van der Waals surface area contributed by atoms with Crippen molar-refractivity contribution >= 4 is 59.2 Å². The fourth-order valence-electron chi connectivity index (χ4n) is 10.5. The molecule has 0 spiro atoms. The van der Waals surface area contributed by atoms with E-state index in [1.54, 1.807) is 0 Å². The zero-order valence-electron chi connectivity index (χ0n) is 55.7. The minimum absolute atomic E-state index is 0.0116. The third-order valence-corrected chi connectivity index (χ3v) is 15.9. The maximum atomic E-state index is 14.0. The Morgan fingerprint density at radius 1 is 0.360 bits per heavy atom. The van der Waals surface area contributed by atoms with Crippen molar-refractivity contribution in [3.8, 4) is 0 Å². The highest BCUT2D eigenvalue weighted by Crippen LogP contribution is 2.17. The number of primary amides is 1. The largest absolute Gasteiger partial charge is 0.370 e. The second-order valence-electron chi connectivity index (χ2n) is 24.1. The number of aliphatic imine (C=N–C) groups is 3. The first-order valence-electron chi connectivity index (χ1n) is 34.9. The summed E-state index contributed by atoms with van der Waals surface area (Å²) in [6, 6.07) is -3.62. The molecule has 23 nitrogen and oxygen atoms in total. The Morgan fingerprint density at radius 3 is 0.944 bits per heavy atom. The highest BCUT2D eigenvalue weighted by molar-refractivity contribution is 5.99. The number of nitrogens with two attached hydrogens (primary N) is 7. The van der Waals surface area contributed by atoms with Gasteiger partial charge in [0.1, 0.15) is 18.1 Å². The molecule has 0 bridgehead atoms. The fourth-order valence-corrected chi connectivity index (χ4v) is 10.5.